The van der Waals surface area contributed by atoms with E-state index in [0.29, 0.717) is 28.6 Å². The molecule has 1 N–H and O–H groups in total. The Morgan fingerprint density at radius 3 is 2.85 bits per heavy atom. The quantitative estimate of drug-likeness (QED) is 0.580. The van der Waals surface area contributed by atoms with Gasteiger partial charge in [0.2, 0.25) is 0 Å². The van der Waals surface area contributed by atoms with E-state index >= 15 is 0 Å². The second-order valence-electron chi connectivity index (χ2n) is 5.17. The van der Waals surface area contributed by atoms with E-state index < -0.39 is 6.10 Å². The number of ether oxygens (including phenoxy) is 2. The van der Waals surface area contributed by atoms with Crippen LogP contribution in [0.25, 0.3) is 5.57 Å². The van der Waals surface area contributed by atoms with Gasteiger partial charge in [-0.25, -0.2) is 9.97 Å². The van der Waals surface area contributed by atoms with Crippen LogP contribution in [0.1, 0.15) is 12.6 Å². The van der Waals surface area contributed by atoms with Crippen molar-refractivity contribution in [2.45, 2.75) is 13.0 Å². The van der Waals surface area contributed by atoms with Crippen LogP contribution >= 0.6 is 0 Å². The van der Waals surface area contributed by atoms with E-state index in [1.165, 1.54) is 19.6 Å². The number of allylic oxidation sites excluding steroid dienone is 3. The number of hydrogen-bond acceptors (Lipinski definition) is 6. The topological polar surface area (TPSA) is 86.2 Å². The SMILES string of the molecule is C=C/C=C(\C(=C)OC)c1cc(NC(=O)C(C)Oc2cccnc2)ncn1. The molecule has 0 radical (unpaired) electrons. The molecule has 2 aromatic heterocycles. The molecule has 2 rings (SSSR count). The van der Waals surface area contributed by atoms with Crippen molar-refractivity contribution >= 4 is 17.3 Å². The highest BCUT2D eigenvalue weighted by Crippen LogP contribution is 2.22. The Hall–Kier alpha value is -3.48. The Kier molecular flexibility index (Phi) is 6.61. The number of carbonyl (C=O) groups excluding carboxylic acids is 1. The molecule has 0 aliphatic heterocycles. The van der Waals surface area contributed by atoms with Gasteiger partial charge in [-0.3, -0.25) is 9.78 Å². The van der Waals surface area contributed by atoms with Crippen molar-refractivity contribution in [3.63, 3.8) is 0 Å². The van der Waals surface area contributed by atoms with Crippen molar-refractivity contribution in [2.24, 2.45) is 0 Å². The number of aromatic nitrogens is 3. The van der Waals surface area contributed by atoms with Crippen LogP contribution in [0.4, 0.5) is 5.82 Å². The van der Waals surface area contributed by atoms with E-state index in [2.05, 4.69) is 33.4 Å². The zero-order chi connectivity index (χ0) is 18.9. The Morgan fingerprint density at radius 1 is 1.38 bits per heavy atom. The van der Waals surface area contributed by atoms with Gasteiger partial charge >= 0.3 is 0 Å². The lowest BCUT2D eigenvalue weighted by Crippen LogP contribution is -2.30. The molecule has 0 saturated heterocycles. The number of methoxy groups -OCH3 is 1. The molecular weight excluding hydrogens is 332 g/mol. The normalized spacial score (nSPS) is 12.0. The summed E-state index contributed by atoms with van der Waals surface area (Å²) < 4.78 is 10.7. The monoisotopic (exact) mass is 352 g/mol. The first kappa shape index (κ1) is 18.9. The van der Waals surface area contributed by atoms with Gasteiger partial charge in [-0.2, -0.15) is 0 Å². The summed E-state index contributed by atoms with van der Waals surface area (Å²) in [6.07, 6.45) is 7.10. The van der Waals surface area contributed by atoms with E-state index in [1.807, 2.05) is 0 Å². The fourth-order valence-electron chi connectivity index (χ4n) is 2.02. The molecule has 2 heterocycles. The molecule has 1 amide bonds. The van der Waals surface area contributed by atoms with Crippen LogP contribution in [0.15, 0.2) is 68.0 Å². The smallest absolute Gasteiger partial charge is 0.266 e. The highest BCUT2D eigenvalue weighted by Gasteiger charge is 2.16. The van der Waals surface area contributed by atoms with Crippen molar-refractivity contribution in [2.75, 3.05) is 12.4 Å². The average molecular weight is 352 g/mol. The van der Waals surface area contributed by atoms with Gasteiger partial charge in [-0.1, -0.05) is 19.2 Å². The predicted octanol–water partition coefficient (Wildman–Crippen LogP) is 3.01. The molecule has 0 aromatic carbocycles. The van der Waals surface area contributed by atoms with E-state index in [0.717, 1.165) is 0 Å². The number of anilines is 1. The van der Waals surface area contributed by atoms with Gasteiger partial charge in [0.05, 0.1) is 19.0 Å². The first-order chi connectivity index (χ1) is 12.5. The summed E-state index contributed by atoms with van der Waals surface area (Å²) >= 11 is 0. The maximum atomic E-state index is 12.3. The third-order valence-corrected chi connectivity index (χ3v) is 3.34. The summed E-state index contributed by atoms with van der Waals surface area (Å²) in [5.74, 6) is 0.916. The van der Waals surface area contributed by atoms with Crippen LogP contribution in [0.3, 0.4) is 0 Å². The zero-order valence-electron chi connectivity index (χ0n) is 14.7. The Balaban J connectivity index is 2.12. The summed E-state index contributed by atoms with van der Waals surface area (Å²) in [6, 6.07) is 5.07. The summed E-state index contributed by atoms with van der Waals surface area (Å²) in [4.78, 5) is 24.5. The van der Waals surface area contributed by atoms with Crippen molar-refractivity contribution in [3.05, 3.63) is 73.7 Å². The molecule has 1 unspecified atom stereocenters. The molecule has 0 spiro atoms. The minimum Gasteiger partial charge on any atom is -0.497 e. The maximum Gasteiger partial charge on any atom is 0.266 e. The van der Waals surface area contributed by atoms with Gasteiger partial charge in [-0.15, -0.1) is 0 Å². The molecule has 7 nitrogen and oxygen atoms in total. The number of nitrogens with zero attached hydrogens (tertiary/aromatic N) is 3. The number of pyridine rings is 1. The summed E-state index contributed by atoms with van der Waals surface area (Å²) in [5, 5.41) is 2.70. The minimum absolute atomic E-state index is 0.334. The van der Waals surface area contributed by atoms with Gasteiger partial charge in [0.15, 0.2) is 6.10 Å². The second kappa shape index (κ2) is 9.12. The zero-order valence-corrected chi connectivity index (χ0v) is 14.7. The molecular formula is C19H20N4O3. The van der Waals surface area contributed by atoms with Gasteiger partial charge < -0.3 is 14.8 Å². The Labute approximate surface area is 152 Å². The molecule has 0 aliphatic carbocycles. The molecule has 7 heteroatoms. The number of rotatable bonds is 8. The van der Waals surface area contributed by atoms with Gasteiger partial charge in [-0.05, 0) is 25.1 Å². The summed E-state index contributed by atoms with van der Waals surface area (Å²) in [7, 11) is 1.51. The molecule has 26 heavy (non-hydrogen) atoms. The van der Waals surface area contributed by atoms with Crippen LogP contribution in [0.2, 0.25) is 0 Å². The minimum atomic E-state index is -0.727. The highest BCUT2D eigenvalue weighted by atomic mass is 16.5. The lowest BCUT2D eigenvalue weighted by atomic mass is 10.1. The van der Waals surface area contributed by atoms with Crippen LogP contribution in [-0.4, -0.2) is 34.1 Å². The van der Waals surface area contributed by atoms with Crippen molar-refractivity contribution in [3.8, 4) is 5.75 Å². The van der Waals surface area contributed by atoms with Gasteiger partial charge in [0.1, 0.15) is 23.7 Å². The molecule has 0 bridgehead atoms. The molecule has 134 valence electrons. The predicted molar refractivity (Wildman–Crippen MR) is 99.3 cm³/mol. The molecule has 0 fully saturated rings. The van der Waals surface area contributed by atoms with Gasteiger partial charge in [0, 0.05) is 17.8 Å². The number of amides is 1. The Bertz CT molecular complexity index is 819. The van der Waals surface area contributed by atoms with E-state index in [9.17, 15) is 4.79 Å². The largest absolute Gasteiger partial charge is 0.497 e. The van der Waals surface area contributed by atoms with E-state index in [-0.39, 0.29) is 5.91 Å². The Morgan fingerprint density at radius 2 is 2.19 bits per heavy atom. The lowest BCUT2D eigenvalue weighted by Gasteiger charge is -2.14. The third kappa shape index (κ3) is 5.01. The molecule has 1 atom stereocenters. The second-order valence-corrected chi connectivity index (χ2v) is 5.17. The van der Waals surface area contributed by atoms with Crippen LogP contribution < -0.4 is 10.1 Å². The van der Waals surface area contributed by atoms with E-state index in [1.54, 1.807) is 43.5 Å². The first-order valence-electron chi connectivity index (χ1n) is 7.81. The van der Waals surface area contributed by atoms with Crippen LogP contribution in [0.5, 0.6) is 5.75 Å². The number of hydrogen-bond donors (Lipinski definition) is 1. The van der Waals surface area contributed by atoms with Crippen molar-refractivity contribution in [1.82, 2.24) is 15.0 Å². The fourth-order valence-corrected chi connectivity index (χ4v) is 2.02. The number of nitrogens with one attached hydrogen (secondary N) is 1. The lowest BCUT2D eigenvalue weighted by molar-refractivity contribution is -0.122. The van der Waals surface area contributed by atoms with Crippen LogP contribution in [-0.2, 0) is 9.53 Å². The standard InChI is InChI=1S/C19H20N4O3/c1-5-7-16(13(2)25-4)17-10-18(22-12-21-17)23-19(24)14(3)26-15-8-6-9-20-11-15/h5-12,14H,1-2H2,3-4H3,(H,21,22,23,24)/b16-7+. The average Bonchev–Trinajstić information content (AvgIpc) is 2.66. The van der Waals surface area contributed by atoms with E-state index in [4.69, 9.17) is 9.47 Å². The molecule has 0 aliphatic rings. The first-order valence-corrected chi connectivity index (χ1v) is 7.81. The maximum absolute atomic E-state index is 12.3. The van der Waals surface area contributed by atoms with Crippen LogP contribution in [0, 0.1) is 0 Å². The molecule has 0 saturated carbocycles. The third-order valence-electron chi connectivity index (χ3n) is 3.34. The summed E-state index contributed by atoms with van der Waals surface area (Å²) in [6.45, 7) is 9.13. The van der Waals surface area contributed by atoms with Crippen molar-refractivity contribution < 1.29 is 14.3 Å². The molecule has 2 aromatic rings. The van der Waals surface area contributed by atoms with Gasteiger partial charge in [0.25, 0.3) is 5.91 Å². The summed E-state index contributed by atoms with van der Waals surface area (Å²) in [5.41, 5.74) is 1.18. The highest BCUT2D eigenvalue weighted by molar-refractivity contribution is 5.93. The van der Waals surface area contributed by atoms with Crippen molar-refractivity contribution in [1.29, 1.82) is 0 Å². The number of carbonyl (C=O) groups is 1. The fraction of sp³-hybridized carbons (Fsp3) is 0.158.